The Bertz CT molecular complexity index is 636. The molecule has 1 aliphatic heterocycles. The topological polar surface area (TPSA) is 67.1 Å². The van der Waals surface area contributed by atoms with Crippen molar-refractivity contribution in [1.82, 2.24) is 10.2 Å². The Morgan fingerprint density at radius 2 is 1.92 bits per heavy atom. The van der Waals surface area contributed by atoms with Gasteiger partial charge in [-0.05, 0) is 25.1 Å². The second-order valence-corrected chi connectivity index (χ2v) is 6.62. The first-order valence-corrected chi connectivity index (χ1v) is 8.66. The van der Waals surface area contributed by atoms with Crippen LogP contribution in [0.25, 0.3) is 0 Å². The molecule has 0 amide bonds. The van der Waals surface area contributed by atoms with E-state index in [0.29, 0.717) is 25.6 Å². The number of nitrogens with zero attached hydrogens (tertiary/aromatic N) is 1. The van der Waals surface area contributed by atoms with Crippen LogP contribution in [0.15, 0.2) is 46.9 Å². The zero-order valence-corrected chi connectivity index (χ0v) is 14.6. The van der Waals surface area contributed by atoms with Crippen molar-refractivity contribution in [2.24, 2.45) is 0 Å². The van der Waals surface area contributed by atoms with Crippen molar-refractivity contribution in [3.63, 3.8) is 0 Å². The van der Waals surface area contributed by atoms with E-state index in [2.05, 4.69) is 10.2 Å². The Morgan fingerprint density at radius 1 is 1.16 bits per heavy atom. The van der Waals surface area contributed by atoms with Crippen LogP contribution in [-0.2, 0) is 11.3 Å². The molecule has 1 aliphatic rings. The zero-order chi connectivity index (χ0) is 17.5. The van der Waals surface area contributed by atoms with Crippen LogP contribution >= 0.6 is 0 Å². The van der Waals surface area contributed by atoms with Crippen molar-refractivity contribution in [1.29, 1.82) is 0 Å². The number of morpholine rings is 1. The zero-order valence-electron chi connectivity index (χ0n) is 14.6. The second kappa shape index (κ2) is 8.49. The highest BCUT2D eigenvalue weighted by Gasteiger charge is 2.25. The number of benzene rings is 1. The van der Waals surface area contributed by atoms with Gasteiger partial charge in [0.05, 0.1) is 25.4 Å². The highest BCUT2D eigenvalue weighted by Crippen LogP contribution is 2.23. The van der Waals surface area contributed by atoms with Crippen molar-refractivity contribution in [3.05, 3.63) is 48.2 Å². The molecule has 2 aromatic rings. The molecule has 1 fully saturated rings. The van der Waals surface area contributed by atoms with Crippen molar-refractivity contribution in [2.45, 2.75) is 19.1 Å². The molecule has 1 saturated heterocycles. The average Bonchev–Trinajstić information content (AvgIpc) is 3.03. The van der Waals surface area contributed by atoms with Crippen LogP contribution in [0.2, 0.25) is 0 Å². The molecule has 6 nitrogen and oxygen atoms in total. The van der Waals surface area contributed by atoms with E-state index >= 15 is 0 Å². The average molecular weight is 346 g/mol. The van der Waals surface area contributed by atoms with Gasteiger partial charge < -0.3 is 24.3 Å². The van der Waals surface area contributed by atoms with E-state index in [4.69, 9.17) is 13.9 Å². The molecule has 1 atom stereocenters. The van der Waals surface area contributed by atoms with Gasteiger partial charge in [-0.2, -0.15) is 0 Å². The standard InChI is InChI=1S/C19H26N2O4/c1-19(22,15-21-9-11-23-12-10-21)14-20-13-17-7-8-18(25-17)24-16-5-3-2-4-6-16/h2-8,20,22H,9-15H2,1H3. The Balaban J connectivity index is 1.42. The van der Waals surface area contributed by atoms with E-state index in [-0.39, 0.29) is 0 Å². The van der Waals surface area contributed by atoms with Gasteiger partial charge in [-0.15, -0.1) is 0 Å². The number of hydrogen-bond donors (Lipinski definition) is 2. The Kier molecular flexibility index (Phi) is 6.09. The quantitative estimate of drug-likeness (QED) is 0.764. The van der Waals surface area contributed by atoms with Crippen molar-refractivity contribution >= 4 is 0 Å². The van der Waals surface area contributed by atoms with Gasteiger partial charge in [0.1, 0.15) is 11.5 Å². The molecule has 1 aromatic heterocycles. The van der Waals surface area contributed by atoms with E-state index in [0.717, 1.165) is 37.8 Å². The first-order chi connectivity index (χ1) is 12.1. The minimum Gasteiger partial charge on any atom is -0.429 e. The van der Waals surface area contributed by atoms with E-state index in [1.54, 1.807) is 6.07 Å². The molecule has 0 spiro atoms. The third kappa shape index (κ3) is 5.86. The number of hydrogen-bond acceptors (Lipinski definition) is 6. The van der Waals surface area contributed by atoms with Gasteiger partial charge in [0, 0.05) is 32.2 Å². The molecule has 1 aromatic carbocycles. The minimum absolute atomic E-state index is 0.461. The lowest BCUT2D eigenvalue weighted by Gasteiger charge is -2.33. The third-order valence-electron chi connectivity index (χ3n) is 4.07. The lowest BCUT2D eigenvalue weighted by molar-refractivity contribution is -0.0220. The van der Waals surface area contributed by atoms with Gasteiger partial charge in [0.2, 0.25) is 0 Å². The summed E-state index contributed by atoms with van der Waals surface area (Å²) in [6, 6.07) is 13.2. The fourth-order valence-corrected chi connectivity index (χ4v) is 2.86. The van der Waals surface area contributed by atoms with Crippen molar-refractivity contribution < 1.29 is 19.0 Å². The maximum atomic E-state index is 10.5. The molecular formula is C19H26N2O4. The number of ether oxygens (including phenoxy) is 2. The van der Waals surface area contributed by atoms with Gasteiger partial charge in [-0.25, -0.2) is 0 Å². The van der Waals surface area contributed by atoms with Gasteiger partial charge in [-0.1, -0.05) is 18.2 Å². The summed E-state index contributed by atoms with van der Waals surface area (Å²) >= 11 is 0. The predicted octanol–water partition coefficient (Wildman–Crippen LogP) is 2.24. The number of para-hydroxylation sites is 1. The van der Waals surface area contributed by atoms with Gasteiger partial charge in [-0.3, -0.25) is 4.90 Å². The molecule has 136 valence electrons. The van der Waals surface area contributed by atoms with Gasteiger partial charge in [0.15, 0.2) is 0 Å². The van der Waals surface area contributed by atoms with Crippen LogP contribution in [0.5, 0.6) is 11.7 Å². The molecular weight excluding hydrogens is 320 g/mol. The largest absolute Gasteiger partial charge is 0.429 e. The second-order valence-electron chi connectivity index (χ2n) is 6.62. The highest BCUT2D eigenvalue weighted by atomic mass is 16.6. The molecule has 0 saturated carbocycles. The summed E-state index contributed by atoms with van der Waals surface area (Å²) < 4.78 is 16.6. The summed E-state index contributed by atoms with van der Waals surface area (Å²) in [5, 5.41) is 13.8. The summed E-state index contributed by atoms with van der Waals surface area (Å²) in [6.45, 7) is 6.71. The first kappa shape index (κ1) is 17.9. The number of nitrogens with one attached hydrogen (secondary N) is 1. The summed E-state index contributed by atoms with van der Waals surface area (Å²) in [7, 11) is 0. The number of aliphatic hydroxyl groups is 1. The minimum atomic E-state index is -0.798. The number of rotatable bonds is 8. The first-order valence-electron chi connectivity index (χ1n) is 8.66. The molecule has 0 bridgehead atoms. The molecule has 25 heavy (non-hydrogen) atoms. The molecule has 0 radical (unpaired) electrons. The summed E-state index contributed by atoms with van der Waals surface area (Å²) in [5.41, 5.74) is -0.798. The van der Waals surface area contributed by atoms with Crippen LogP contribution in [0, 0.1) is 0 Å². The normalized spacial score (nSPS) is 18.0. The fourth-order valence-electron chi connectivity index (χ4n) is 2.86. The molecule has 3 rings (SSSR count). The lowest BCUT2D eigenvalue weighted by atomic mass is 10.1. The lowest BCUT2D eigenvalue weighted by Crippen LogP contribution is -2.50. The van der Waals surface area contributed by atoms with Crippen molar-refractivity contribution in [3.8, 4) is 11.7 Å². The Morgan fingerprint density at radius 3 is 2.68 bits per heavy atom. The van der Waals surface area contributed by atoms with Crippen LogP contribution in [0.3, 0.4) is 0 Å². The van der Waals surface area contributed by atoms with Crippen LogP contribution < -0.4 is 10.1 Å². The summed E-state index contributed by atoms with van der Waals surface area (Å²) in [4.78, 5) is 2.23. The SMILES string of the molecule is CC(O)(CNCc1ccc(Oc2ccccc2)o1)CN1CCOCC1. The Hall–Kier alpha value is -1.86. The van der Waals surface area contributed by atoms with E-state index < -0.39 is 5.60 Å². The van der Waals surface area contributed by atoms with Crippen LogP contribution in [0.4, 0.5) is 0 Å². The monoisotopic (exact) mass is 346 g/mol. The smallest absolute Gasteiger partial charge is 0.290 e. The summed E-state index contributed by atoms with van der Waals surface area (Å²) in [5.74, 6) is 1.97. The predicted molar refractivity (Wildman–Crippen MR) is 94.8 cm³/mol. The fraction of sp³-hybridized carbons (Fsp3) is 0.474. The van der Waals surface area contributed by atoms with Crippen LogP contribution in [0.1, 0.15) is 12.7 Å². The molecule has 0 aliphatic carbocycles. The maximum Gasteiger partial charge on any atom is 0.290 e. The molecule has 2 N–H and O–H groups in total. The molecule has 1 unspecified atom stereocenters. The summed E-state index contributed by atoms with van der Waals surface area (Å²) in [6.07, 6.45) is 0. The Labute approximate surface area is 148 Å². The maximum absolute atomic E-state index is 10.5. The number of β-amino-alcohol motifs (C(OH)–C–C–N with tert-alkyl or cyclic N) is 1. The van der Waals surface area contributed by atoms with Gasteiger partial charge in [0.25, 0.3) is 5.95 Å². The van der Waals surface area contributed by atoms with E-state index in [1.165, 1.54) is 0 Å². The van der Waals surface area contributed by atoms with E-state index in [9.17, 15) is 5.11 Å². The molecule has 6 heteroatoms. The third-order valence-corrected chi connectivity index (χ3v) is 4.07. The number of furan rings is 1. The highest BCUT2D eigenvalue weighted by molar-refractivity contribution is 5.26. The van der Waals surface area contributed by atoms with Crippen molar-refractivity contribution in [2.75, 3.05) is 39.4 Å². The van der Waals surface area contributed by atoms with Crippen LogP contribution in [-0.4, -0.2) is 55.0 Å². The van der Waals surface area contributed by atoms with Gasteiger partial charge >= 0.3 is 0 Å². The van der Waals surface area contributed by atoms with E-state index in [1.807, 2.05) is 43.3 Å². The molecule has 2 heterocycles.